The third-order valence-corrected chi connectivity index (χ3v) is 3.59. The molecule has 8 nitrogen and oxygen atoms in total. The summed E-state index contributed by atoms with van der Waals surface area (Å²) >= 11 is 0. The Morgan fingerprint density at radius 1 is 1.40 bits per heavy atom. The minimum Gasteiger partial charge on any atom is -0.481 e. The zero-order chi connectivity index (χ0) is 18.4. The minimum absolute atomic E-state index is 0.151. The van der Waals surface area contributed by atoms with Gasteiger partial charge < -0.3 is 20.9 Å². The van der Waals surface area contributed by atoms with Crippen LogP contribution in [0.4, 0.5) is 16.3 Å². The maximum Gasteiger partial charge on any atom is 0.320 e. The highest BCUT2D eigenvalue weighted by Gasteiger charge is 2.17. The van der Waals surface area contributed by atoms with E-state index in [1.807, 2.05) is 37.3 Å². The number of ether oxygens (including phenoxy) is 1. The average molecular weight is 343 g/mol. The lowest BCUT2D eigenvalue weighted by atomic mass is 10.1. The Morgan fingerprint density at radius 3 is 2.68 bits per heavy atom. The number of carbonyl (C=O) groups is 1. The summed E-state index contributed by atoms with van der Waals surface area (Å²) in [7, 11) is 1.33. The summed E-state index contributed by atoms with van der Waals surface area (Å²) < 4.78 is 4.83. The summed E-state index contributed by atoms with van der Waals surface area (Å²) in [5.74, 6) is -0.0327. The average Bonchev–Trinajstić information content (AvgIpc) is 2.61. The topological polar surface area (TPSA) is 133 Å². The van der Waals surface area contributed by atoms with Gasteiger partial charge in [0.25, 0.3) is 0 Å². The van der Waals surface area contributed by atoms with Crippen molar-refractivity contribution in [3.8, 4) is 0 Å². The van der Waals surface area contributed by atoms with Crippen LogP contribution in [0.2, 0.25) is 0 Å². The van der Waals surface area contributed by atoms with Gasteiger partial charge in [0.15, 0.2) is 0 Å². The van der Waals surface area contributed by atoms with Crippen LogP contribution in [0.5, 0.6) is 0 Å². The second kappa shape index (κ2) is 8.11. The maximum atomic E-state index is 12.1. The monoisotopic (exact) mass is 343 g/mol. The molecule has 2 aromatic rings. The molecular weight excluding hydrogens is 322 g/mol. The zero-order valence-electron chi connectivity index (χ0n) is 14.0. The van der Waals surface area contributed by atoms with E-state index in [1.54, 1.807) is 0 Å². The predicted octanol–water partition coefficient (Wildman–Crippen LogP) is 2.01. The summed E-state index contributed by atoms with van der Waals surface area (Å²) in [4.78, 5) is 16.3. The molecule has 1 heterocycles. The largest absolute Gasteiger partial charge is 0.481 e. The van der Waals surface area contributed by atoms with Crippen LogP contribution in [0.1, 0.15) is 29.8 Å². The quantitative estimate of drug-likeness (QED) is 0.418. The molecule has 0 fully saturated rings. The summed E-state index contributed by atoms with van der Waals surface area (Å²) in [6, 6.07) is 10.3. The van der Waals surface area contributed by atoms with Crippen LogP contribution in [-0.4, -0.2) is 29.1 Å². The maximum absolute atomic E-state index is 12.1. The van der Waals surface area contributed by atoms with E-state index in [-0.39, 0.29) is 34.7 Å². The van der Waals surface area contributed by atoms with E-state index in [4.69, 9.17) is 15.9 Å². The van der Waals surface area contributed by atoms with Gasteiger partial charge in [-0.05, 0) is 12.5 Å². The minimum atomic E-state index is -0.457. The lowest BCUT2D eigenvalue weighted by molar-refractivity contribution is 0.249. The van der Waals surface area contributed by atoms with E-state index in [2.05, 4.69) is 15.6 Å². The molecule has 25 heavy (non-hydrogen) atoms. The number of nitrogens with zero attached hydrogens (tertiary/aromatic N) is 1. The van der Waals surface area contributed by atoms with Crippen molar-refractivity contribution in [3.05, 3.63) is 53.2 Å². The lowest BCUT2D eigenvalue weighted by Gasteiger charge is -2.16. The van der Waals surface area contributed by atoms with Crippen molar-refractivity contribution in [2.24, 2.45) is 0 Å². The van der Waals surface area contributed by atoms with Gasteiger partial charge in [0.2, 0.25) is 5.90 Å². The molecule has 0 saturated carbocycles. The van der Waals surface area contributed by atoms with Crippen LogP contribution in [0.15, 0.2) is 36.4 Å². The molecule has 0 aliphatic heterocycles. The van der Waals surface area contributed by atoms with Gasteiger partial charge in [-0.3, -0.25) is 10.7 Å². The van der Waals surface area contributed by atoms with Crippen LogP contribution in [0, 0.1) is 5.41 Å². The highest BCUT2D eigenvalue weighted by atomic mass is 16.5. The number of aromatic nitrogens is 1. The number of urea groups is 1. The fraction of sp³-hybridized carbons (Fsp3) is 0.235. The molecule has 8 heteroatoms. The van der Waals surface area contributed by atoms with E-state index in [0.717, 1.165) is 5.56 Å². The first-order valence-electron chi connectivity index (χ1n) is 7.61. The second-order valence-corrected chi connectivity index (χ2v) is 5.34. The van der Waals surface area contributed by atoms with Crippen molar-refractivity contribution in [1.29, 1.82) is 5.41 Å². The first-order chi connectivity index (χ1) is 12.0. The Balaban J connectivity index is 2.13. The van der Waals surface area contributed by atoms with Gasteiger partial charge in [-0.1, -0.05) is 30.3 Å². The van der Waals surface area contributed by atoms with Gasteiger partial charge in [-0.2, -0.15) is 0 Å². The Kier molecular flexibility index (Phi) is 5.91. The molecule has 2 amide bonds. The normalized spacial score (nSPS) is 11.5. The fourth-order valence-electron chi connectivity index (χ4n) is 2.34. The molecule has 0 saturated heterocycles. The number of amides is 2. The standard InChI is InChI=1S/C17H21N5O3/c1-10(11-6-4-3-5-7-11)20-17(24)22-14-8-12(18)15(16(19)25-2)13(9-23)21-14/h3-8,10,19,23H,9H2,1-2H3,(H4,18,20,21,22,24). The molecule has 1 unspecified atom stereocenters. The number of pyridine rings is 1. The van der Waals surface area contributed by atoms with E-state index >= 15 is 0 Å². The SMILES string of the molecule is COC(=N)c1c(N)cc(NC(=O)NC(C)c2ccccc2)nc1CO. The first-order valence-corrected chi connectivity index (χ1v) is 7.61. The van der Waals surface area contributed by atoms with Crippen LogP contribution < -0.4 is 16.4 Å². The predicted molar refractivity (Wildman–Crippen MR) is 95.4 cm³/mol. The van der Waals surface area contributed by atoms with Crippen molar-refractivity contribution in [1.82, 2.24) is 10.3 Å². The number of rotatable bonds is 5. The number of benzene rings is 1. The number of anilines is 2. The first kappa shape index (κ1) is 18.2. The van der Waals surface area contributed by atoms with Gasteiger partial charge in [0.1, 0.15) is 5.82 Å². The molecule has 0 aliphatic rings. The second-order valence-electron chi connectivity index (χ2n) is 5.34. The molecule has 0 spiro atoms. The molecule has 0 aliphatic carbocycles. The van der Waals surface area contributed by atoms with Crippen molar-refractivity contribution in [3.63, 3.8) is 0 Å². The van der Waals surface area contributed by atoms with Crippen molar-refractivity contribution in [2.45, 2.75) is 19.6 Å². The van der Waals surface area contributed by atoms with Gasteiger partial charge in [-0.15, -0.1) is 0 Å². The van der Waals surface area contributed by atoms with Crippen LogP contribution in [0.25, 0.3) is 0 Å². The molecule has 1 aromatic heterocycles. The molecule has 1 atom stereocenters. The number of nitrogen functional groups attached to an aromatic ring is 1. The summed E-state index contributed by atoms with van der Waals surface area (Å²) in [6.45, 7) is 1.42. The van der Waals surface area contributed by atoms with Crippen molar-refractivity contribution >= 4 is 23.4 Å². The van der Waals surface area contributed by atoms with Gasteiger partial charge in [0, 0.05) is 11.8 Å². The number of hydrogen-bond acceptors (Lipinski definition) is 6. The lowest BCUT2D eigenvalue weighted by Crippen LogP contribution is -2.31. The molecule has 2 rings (SSSR count). The highest BCUT2D eigenvalue weighted by Crippen LogP contribution is 2.21. The summed E-state index contributed by atoms with van der Waals surface area (Å²) in [5.41, 5.74) is 7.39. The molecule has 0 radical (unpaired) electrons. The third kappa shape index (κ3) is 4.45. The smallest absolute Gasteiger partial charge is 0.320 e. The van der Waals surface area contributed by atoms with Crippen LogP contribution in [-0.2, 0) is 11.3 Å². The van der Waals surface area contributed by atoms with E-state index in [0.29, 0.717) is 0 Å². The van der Waals surface area contributed by atoms with Gasteiger partial charge in [-0.25, -0.2) is 9.78 Å². The van der Waals surface area contributed by atoms with E-state index in [9.17, 15) is 9.90 Å². The van der Waals surface area contributed by atoms with E-state index in [1.165, 1.54) is 13.2 Å². The van der Waals surface area contributed by atoms with Crippen LogP contribution in [0.3, 0.4) is 0 Å². The Labute approximate surface area is 145 Å². The molecule has 0 bridgehead atoms. The molecular formula is C17H21N5O3. The summed E-state index contributed by atoms with van der Waals surface area (Å²) in [6.07, 6.45) is 0. The number of nitrogens with one attached hydrogen (secondary N) is 3. The molecule has 132 valence electrons. The Morgan fingerprint density at radius 2 is 2.08 bits per heavy atom. The Hall–Kier alpha value is -3.13. The summed E-state index contributed by atoms with van der Waals surface area (Å²) in [5, 5.41) is 22.5. The zero-order valence-corrected chi connectivity index (χ0v) is 14.0. The fourth-order valence-corrected chi connectivity index (χ4v) is 2.34. The number of carbonyl (C=O) groups excluding carboxylic acids is 1. The van der Waals surface area contributed by atoms with Gasteiger partial charge >= 0.3 is 6.03 Å². The number of hydrogen-bond donors (Lipinski definition) is 5. The van der Waals surface area contributed by atoms with Crippen LogP contribution >= 0.6 is 0 Å². The number of methoxy groups -OCH3 is 1. The Bertz CT molecular complexity index is 764. The van der Waals surface area contributed by atoms with E-state index < -0.39 is 12.6 Å². The number of aliphatic hydroxyl groups is 1. The van der Waals surface area contributed by atoms with Crippen molar-refractivity contribution < 1.29 is 14.6 Å². The molecule has 1 aromatic carbocycles. The van der Waals surface area contributed by atoms with Gasteiger partial charge in [0.05, 0.1) is 31.0 Å². The van der Waals surface area contributed by atoms with Crippen molar-refractivity contribution in [2.75, 3.05) is 18.2 Å². The molecule has 6 N–H and O–H groups in total. The number of nitrogens with two attached hydrogens (primary N) is 1. The highest BCUT2D eigenvalue weighted by molar-refractivity contribution is 5.99. The number of aliphatic hydroxyl groups excluding tert-OH is 1. The third-order valence-electron chi connectivity index (χ3n) is 3.59.